The summed E-state index contributed by atoms with van der Waals surface area (Å²) in [5.41, 5.74) is 0.000676. The normalized spacial score (nSPS) is 23.0. The first-order chi connectivity index (χ1) is 10.2. The quantitative estimate of drug-likeness (QED) is 0.614. The molecule has 22 heavy (non-hydrogen) atoms. The van der Waals surface area contributed by atoms with Gasteiger partial charge in [-0.15, -0.1) is 0 Å². The van der Waals surface area contributed by atoms with Crippen LogP contribution in [0.5, 0.6) is 23.0 Å². The average molecular weight is 331 g/mol. The van der Waals surface area contributed by atoms with E-state index in [1.165, 1.54) is 0 Å². The fourth-order valence-electron chi connectivity index (χ4n) is 2.37. The predicted molar refractivity (Wildman–Crippen MR) is 76.2 cm³/mol. The molecule has 0 aliphatic carbocycles. The summed E-state index contributed by atoms with van der Waals surface area (Å²) in [7, 11) is -3.86. The van der Waals surface area contributed by atoms with Crippen molar-refractivity contribution in [1.82, 2.24) is 5.32 Å². The third kappa shape index (κ3) is 2.32. The molecule has 0 saturated carbocycles. The summed E-state index contributed by atoms with van der Waals surface area (Å²) in [6, 6.07) is 0. The molecule has 9 heteroatoms. The Morgan fingerprint density at radius 1 is 1.18 bits per heavy atom. The molecule has 2 aliphatic heterocycles. The summed E-state index contributed by atoms with van der Waals surface area (Å²) in [6.45, 7) is 5.45. The maximum Gasteiger partial charge on any atom is 0.647 e. The van der Waals surface area contributed by atoms with Gasteiger partial charge in [-0.2, -0.15) is 4.57 Å². The Labute approximate surface area is 127 Å². The second-order valence-corrected chi connectivity index (χ2v) is 7.70. The lowest BCUT2D eigenvalue weighted by molar-refractivity contribution is 0.155. The van der Waals surface area contributed by atoms with Crippen molar-refractivity contribution in [1.29, 1.82) is 0 Å². The summed E-state index contributed by atoms with van der Waals surface area (Å²) in [5.74, 6) is -0.600. The van der Waals surface area contributed by atoms with E-state index in [0.29, 0.717) is 0 Å². The number of phenols is 1. The van der Waals surface area contributed by atoms with E-state index in [2.05, 4.69) is 5.32 Å². The Morgan fingerprint density at radius 2 is 1.77 bits per heavy atom. The number of hydrogen-bond acceptors (Lipinski definition) is 8. The minimum absolute atomic E-state index is 0.00231. The van der Waals surface area contributed by atoms with Gasteiger partial charge in [0.1, 0.15) is 0 Å². The Hall–Kier alpha value is -1.47. The van der Waals surface area contributed by atoms with E-state index >= 15 is 0 Å². The predicted octanol–water partition coefficient (Wildman–Crippen LogP) is 1.58. The molecule has 122 valence electrons. The van der Waals surface area contributed by atoms with Crippen LogP contribution in [0.1, 0.15) is 38.0 Å². The molecule has 0 spiro atoms. The largest absolute Gasteiger partial charge is 0.647 e. The maximum absolute atomic E-state index is 12.1. The Balaban J connectivity index is 2.05. The van der Waals surface area contributed by atoms with Gasteiger partial charge in [0, 0.05) is 12.1 Å². The molecule has 0 radical (unpaired) electrons. The van der Waals surface area contributed by atoms with E-state index in [9.17, 15) is 19.9 Å². The molecule has 1 aromatic rings. The van der Waals surface area contributed by atoms with Crippen molar-refractivity contribution in [3.8, 4) is 23.0 Å². The Morgan fingerprint density at radius 3 is 2.36 bits per heavy atom. The first-order valence-corrected chi connectivity index (χ1v) is 8.26. The first-order valence-electron chi connectivity index (χ1n) is 6.79. The van der Waals surface area contributed by atoms with Crippen molar-refractivity contribution in [2.45, 2.75) is 39.0 Å². The summed E-state index contributed by atoms with van der Waals surface area (Å²) < 4.78 is 27.5. The van der Waals surface area contributed by atoms with Gasteiger partial charge >= 0.3 is 7.82 Å². The second-order valence-electron chi connectivity index (χ2n) is 6.25. The Bertz CT molecular complexity index is 682. The van der Waals surface area contributed by atoms with E-state index < -0.39 is 20.5 Å². The van der Waals surface area contributed by atoms with Crippen LogP contribution in [0.4, 0.5) is 0 Å². The van der Waals surface area contributed by atoms with Crippen LogP contribution >= 0.6 is 7.82 Å². The number of β-amino-alcohol motifs (C(OH)–C–C–N with tert-alkyl or cyclic N) is 1. The number of aromatic hydroxyl groups is 1. The molecule has 2 aliphatic rings. The molecule has 0 aromatic heterocycles. The monoisotopic (exact) mass is 331 g/mol. The lowest BCUT2D eigenvalue weighted by Gasteiger charge is -2.26. The number of phosphoric acid groups is 1. The molecule has 3 rings (SSSR count). The highest BCUT2D eigenvalue weighted by Gasteiger charge is 2.52. The van der Waals surface area contributed by atoms with Crippen molar-refractivity contribution in [3.05, 3.63) is 11.1 Å². The summed E-state index contributed by atoms with van der Waals surface area (Å²) in [4.78, 5) is 0. The van der Waals surface area contributed by atoms with Crippen LogP contribution in [0.25, 0.3) is 0 Å². The summed E-state index contributed by atoms with van der Waals surface area (Å²) in [5, 5.41) is 33.0. The molecule has 0 saturated heterocycles. The zero-order chi connectivity index (χ0) is 16.3. The molecule has 2 atom stereocenters. The lowest BCUT2D eigenvalue weighted by Crippen LogP contribution is -2.38. The van der Waals surface area contributed by atoms with Crippen LogP contribution < -0.4 is 18.9 Å². The number of aliphatic hydroxyl groups excluding tert-OH is 2. The van der Waals surface area contributed by atoms with Crippen molar-refractivity contribution in [2.24, 2.45) is 0 Å². The summed E-state index contributed by atoms with van der Waals surface area (Å²) in [6.07, 6.45) is -1.05. The van der Waals surface area contributed by atoms with Crippen LogP contribution in [-0.2, 0) is 11.2 Å². The SMILES string of the molecule is CC(C)(C)NCC(O)c1c2c(CO)c(O)c3c1OP(=O)(O3)O2. The lowest BCUT2D eigenvalue weighted by atomic mass is 9.99. The van der Waals surface area contributed by atoms with Gasteiger partial charge in [0.25, 0.3) is 0 Å². The molecule has 4 N–H and O–H groups in total. The van der Waals surface area contributed by atoms with E-state index in [4.69, 9.17) is 13.6 Å². The van der Waals surface area contributed by atoms with Crippen LogP contribution in [0.15, 0.2) is 0 Å². The third-order valence-corrected chi connectivity index (χ3v) is 4.62. The highest BCUT2D eigenvalue weighted by atomic mass is 31.2. The van der Waals surface area contributed by atoms with E-state index in [1.54, 1.807) is 0 Å². The average Bonchev–Trinajstić information content (AvgIpc) is 2.63. The van der Waals surface area contributed by atoms with E-state index in [1.807, 2.05) is 20.8 Å². The molecule has 1 aromatic carbocycles. The fourth-order valence-corrected chi connectivity index (χ4v) is 3.71. The number of phosphoric ester groups is 1. The number of rotatable bonds is 4. The minimum Gasteiger partial charge on any atom is -0.504 e. The smallest absolute Gasteiger partial charge is 0.504 e. The van der Waals surface area contributed by atoms with Gasteiger partial charge in [-0.25, -0.2) is 0 Å². The third-order valence-electron chi connectivity index (χ3n) is 3.40. The zero-order valence-electron chi connectivity index (χ0n) is 12.4. The van der Waals surface area contributed by atoms with Gasteiger partial charge < -0.3 is 34.2 Å². The molecule has 0 fully saturated rings. The highest BCUT2D eigenvalue weighted by molar-refractivity contribution is 7.50. The van der Waals surface area contributed by atoms with Crippen LogP contribution in [0.3, 0.4) is 0 Å². The Kier molecular flexibility index (Phi) is 3.34. The number of nitrogens with one attached hydrogen (secondary N) is 1. The molecule has 0 amide bonds. The maximum atomic E-state index is 12.1. The van der Waals surface area contributed by atoms with Gasteiger partial charge in [0.05, 0.1) is 23.8 Å². The standard InChI is InChI=1S/C13H18NO7P/c1-13(2,3)14-4-7(16)8-10-6(5-15)9(17)12-11(8)20-22(18,19-10)21-12/h7,14-17H,4-5H2,1-3H3. The number of aliphatic hydroxyl groups is 2. The molecular weight excluding hydrogens is 313 g/mol. The van der Waals surface area contributed by atoms with E-state index in [-0.39, 0.29) is 46.2 Å². The number of benzene rings is 1. The topological polar surface area (TPSA) is 117 Å². The number of fused-ring (bicyclic) bond motifs is 2. The fraction of sp³-hybridized carbons (Fsp3) is 0.538. The first kappa shape index (κ1) is 15.4. The van der Waals surface area contributed by atoms with Gasteiger partial charge in [-0.1, -0.05) is 0 Å². The molecular formula is C13H18NO7P. The van der Waals surface area contributed by atoms with Crippen molar-refractivity contribution < 1.29 is 33.5 Å². The van der Waals surface area contributed by atoms with Gasteiger partial charge in [0.2, 0.25) is 5.75 Å². The summed E-state index contributed by atoms with van der Waals surface area (Å²) >= 11 is 0. The second kappa shape index (κ2) is 4.76. The zero-order valence-corrected chi connectivity index (χ0v) is 13.3. The van der Waals surface area contributed by atoms with Crippen LogP contribution in [0.2, 0.25) is 0 Å². The molecule has 8 nitrogen and oxygen atoms in total. The van der Waals surface area contributed by atoms with Crippen LogP contribution in [0, 0.1) is 0 Å². The van der Waals surface area contributed by atoms with Gasteiger partial charge in [-0.3, -0.25) is 0 Å². The van der Waals surface area contributed by atoms with Gasteiger partial charge in [-0.05, 0) is 20.8 Å². The minimum atomic E-state index is -3.86. The van der Waals surface area contributed by atoms with Crippen molar-refractivity contribution in [3.63, 3.8) is 0 Å². The highest BCUT2D eigenvalue weighted by Crippen LogP contribution is 2.70. The molecule has 2 heterocycles. The molecule has 2 unspecified atom stereocenters. The molecule has 3 bridgehead atoms. The van der Waals surface area contributed by atoms with E-state index in [0.717, 1.165) is 0 Å². The van der Waals surface area contributed by atoms with Gasteiger partial charge in [0.15, 0.2) is 17.2 Å². The van der Waals surface area contributed by atoms with Crippen molar-refractivity contribution >= 4 is 7.82 Å². The number of hydrogen-bond donors (Lipinski definition) is 4. The van der Waals surface area contributed by atoms with Crippen molar-refractivity contribution in [2.75, 3.05) is 6.54 Å². The van der Waals surface area contributed by atoms with Crippen LogP contribution in [-0.4, -0.2) is 27.4 Å².